The highest BCUT2D eigenvalue weighted by Gasteiger charge is 2.24. The second-order valence-corrected chi connectivity index (χ2v) is 5.11. The molecule has 5 heteroatoms. The van der Waals surface area contributed by atoms with E-state index in [-0.39, 0.29) is 5.69 Å². The van der Waals surface area contributed by atoms with Crippen LogP contribution >= 0.6 is 0 Å². The fourth-order valence-corrected chi connectivity index (χ4v) is 2.74. The van der Waals surface area contributed by atoms with Crippen LogP contribution in [0.25, 0.3) is 5.52 Å². The minimum absolute atomic E-state index is 0.164. The number of nitrogens with one attached hydrogen (secondary N) is 1. The van der Waals surface area contributed by atoms with Crippen molar-refractivity contribution in [3.63, 3.8) is 0 Å². The van der Waals surface area contributed by atoms with Crippen LogP contribution in [0.2, 0.25) is 0 Å². The number of aromatic nitrogens is 2. The number of aromatic carboxylic acids is 1. The molecule has 0 atom stereocenters. The van der Waals surface area contributed by atoms with E-state index in [9.17, 15) is 9.90 Å². The summed E-state index contributed by atoms with van der Waals surface area (Å²) >= 11 is 0. The maximum Gasteiger partial charge on any atom is 0.356 e. The smallest absolute Gasteiger partial charge is 0.356 e. The molecule has 0 bridgehead atoms. The predicted octanol–water partition coefficient (Wildman–Crippen LogP) is 1.81. The van der Waals surface area contributed by atoms with Gasteiger partial charge in [0.1, 0.15) is 5.82 Å². The average molecular weight is 259 g/mol. The van der Waals surface area contributed by atoms with Gasteiger partial charge in [0.15, 0.2) is 5.69 Å². The van der Waals surface area contributed by atoms with Crippen LogP contribution in [0.1, 0.15) is 40.6 Å². The first kappa shape index (κ1) is 12.2. The van der Waals surface area contributed by atoms with Gasteiger partial charge >= 0.3 is 5.97 Å². The number of imidazole rings is 1. The Morgan fingerprint density at radius 3 is 2.89 bits per heavy atom. The van der Waals surface area contributed by atoms with Crippen molar-refractivity contribution in [1.82, 2.24) is 14.7 Å². The molecular formula is C14H17N3O2. The van der Waals surface area contributed by atoms with Gasteiger partial charge in [-0.2, -0.15) is 0 Å². The van der Waals surface area contributed by atoms with E-state index in [1.807, 2.05) is 29.7 Å². The van der Waals surface area contributed by atoms with Gasteiger partial charge < -0.3 is 14.8 Å². The Labute approximate surface area is 111 Å². The third-order valence-corrected chi connectivity index (χ3v) is 3.73. The summed E-state index contributed by atoms with van der Waals surface area (Å²) in [4.78, 5) is 15.7. The molecule has 0 unspecified atom stereocenters. The van der Waals surface area contributed by atoms with Crippen molar-refractivity contribution in [2.75, 3.05) is 13.1 Å². The zero-order chi connectivity index (χ0) is 13.4. The summed E-state index contributed by atoms with van der Waals surface area (Å²) in [5.74, 6) is 0.266. The number of rotatable bonds is 2. The van der Waals surface area contributed by atoms with Crippen molar-refractivity contribution < 1.29 is 9.90 Å². The number of piperidine rings is 1. The number of fused-ring (bicyclic) bond motifs is 1. The number of carboxylic acids is 1. The molecule has 2 aromatic rings. The number of nitrogens with zero attached hydrogens (tertiary/aromatic N) is 2. The third kappa shape index (κ3) is 2.10. The van der Waals surface area contributed by atoms with Crippen molar-refractivity contribution in [3.05, 3.63) is 35.4 Å². The second kappa shape index (κ2) is 4.66. The Bertz CT molecular complexity index is 627. The van der Waals surface area contributed by atoms with Crippen molar-refractivity contribution in [2.24, 2.45) is 0 Å². The molecule has 1 aliphatic heterocycles. The molecule has 0 radical (unpaired) electrons. The van der Waals surface area contributed by atoms with Crippen LogP contribution in [0.3, 0.4) is 0 Å². The summed E-state index contributed by atoms with van der Waals surface area (Å²) in [5, 5.41) is 12.6. The minimum Gasteiger partial charge on any atom is -0.476 e. The van der Waals surface area contributed by atoms with E-state index < -0.39 is 5.97 Å². The van der Waals surface area contributed by atoms with Gasteiger partial charge in [0.05, 0.1) is 5.52 Å². The number of aryl methyl sites for hydroxylation is 1. The molecule has 3 rings (SSSR count). The molecule has 2 N–H and O–H groups in total. The normalized spacial score (nSPS) is 16.9. The molecule has 0 spiro atoms. The summed E-state index contributed by atoms with van der Waals surface area (Å²) in [6, 6.07) is 3.88. The zero-order valence-corrected chi connectivity index (χ0v) is 10.9. The van der Waals surface area contributed by atoms with Crippen molar-refractivity contribution in [3.8, 4) is 0 Å². The molecule has 0 amide bonds. The Morgan fingerprint density at radius 1 is 1.47 bits per heavy atom. The molecule has 0 aromatic carbocycles. The van der Waals surface area contributed by atoms with Crippen molar-refractivity contribution >= 4 is 11.5 Å². The molecule has 5 nitrogen and oxygen atoms in total. The highest BCUT2D eigenvalue weighted by Crippen LogP contribution is 2.27. The van der Waals surface area contributed by atoms with Crippen LogP contribution < -0.4 is 5.32 Å². The van der Waals surface area contributed by atoms with E-state index in [1.54, 1.807) is 0 Å². The van der Waals surface area contributed by atoms with Gasteiger partial charge in [-0.05, 0) is 50.6 Å². The van der Waals surface area contributed by atoms with E-state index in [2.05, 4.69) is 10.3 Å². The number of carbonyl (C=O) groups is 1. The second-order valence-electron chi connectivity index (χ2n) is 5.11. The van der Waals surface area contributed by atoms with Crippen molar-refractivity contribution in [1.29, 1.82) is 0 Å². The summed E-state index contributed by atoms with van der Waals surface area (Å²) < 4.78 is 1.94. The first-order chi connectivity index (χ1) is 9.16. The minimum atomic E-state index is -0.955. The monoisotopic (exact) mass is 259 g/mol. The average Bonchev–Trinajstić information content (AvgIpc) is 2.78. The largest absolute Gasteiger partial charge is 0.476 e. The van der Waals surface area contributed by atoms with Gasteiger partial charge in [-0.1, -0.05) is 0 Å². The zero-order valence-electron chi connectivity index (χ0n) is 10.9. The van der Waals surface area contributed by atoms with Crippen LogP contribution in [-0.2, 0) is 0 Å². The lowest BCUT2D eigenvalue weighted by Gasteiger charge is -2.21. The molecule has 1 fully saturated rings. The van der Waals surface area contributed by atoms with Crippen LogP contribution in [0, 0.1) is 6.92 Å². The van der Waals surface area contributed by atoms with E-state index in [4.69, 9.17) is 0 Å². The van der Waals surface area contributed by atoms with Gasteiger partial charge in [-0.25, -0.2) is 9.78 Å². The lowest BCUT2D eigenvalue weighted by Crippen LogP contribution is -2.27. The maximum absolute atomic E-state index is 11.3. The molecule has 19 heavy (non-hydrogen) atoms. The molecule has 100 valence electrons. The summed E-state index contributed by atoms with van der Waals surface area (Å²) in [6.45, 7) is 3.89. The molecule has 1 saturated heterocycles. The van der Waals surface area contributed by atoms with E-state index in [1.165, 1.54) is 0 Å². The van der Waals surface area contributed by atoms with Gasteiger partial charge in [-0.3, -0.25) is 0 Å². The molecule has 3 heterocycles. The van der Waals surface area contributed by atoms with Crippen molar-refractivity contribution in [2.45, 2.75) is 25.7 Å². The van der Waals surface area contributed by atoms with Gasteiger partial charge in [0.2, 0.25) is 0 Å². The number of pyridine rings is 1. The molecule has 0 saturated carbocycles. The number of hydrogen-bond donors (Lipinski definition) is 2. The fourth-order valence-electron chi connectivity index (χ4n) is 2.74. The van der Waals surface area contributed by atoms with Gasteiger partial charge in [-0.15, -0.1) is 0 Å². The third-order valence-electron chi connectivity index (χ3n) is 3.73. The Hall–Kier alpha value is -1.88. The number of carboxylic acid groups (broad SMARTS) is 1. The van der Waals surface area contributed by atoms with E-state index in [0.717, 1.165) is 37.3 Å². The highest BCUT2D eigenvalue weighted by molar-refractivity contribution is 5.93. The van der Waals surface area contributed by atoms with Gasteiger partial charge in [0.25, 0.3) is 0 Å². The maximum atomic E-state index is 11.3. The predicted molar refractivity (Wildman–Crippen MR) is 71.7 cm³/mol. The Morgan fingerprint density at radius 2 is 2.21 bits per heavy atom. The van der Waals surface area contributed by atoms with Gasteiger partial charge in [0, 0.05) is 12.1 Å². The van der Waals surface area contributed by atoms with E-state index >= 15 is 0 Å². The lowest BCUT2D eigenvalue weighted by molar-refractivity contribution is 0.0693. The Balaban J connectivity index is 2.16. The SMILES string of the molecule is Cc1ccn2c(C3CCNCC3)nc(C(=O)O)c2c1. The highest BCUT2D eigenvalue weighted by atomic mass is 16.4. The summed E-state index contributed by atoms with van der Waals surface area (Å²) in [6.07, 6.45) is 3.94. The first-order valence-electron chi connectivity index (χ1n) is 6.59. The number of hydrogen-bond acceptors (Lipinski definition) is 3. The quantitative estimate of drug-likeness (QED) is 0.863. The van der Waals surface area contributed by atoms with Crippen LogP contribution in [0.5, 0.6) is 0 Å². The molecule has 0 aliphatic carbocycles. The molecule has 2 aromatic heterocycles. The van der Waals surface area contributed by atoms with Crippen LogP contribution in [-0.4, -0.2) is 33.6 Å². The summed E-state index contributed by atoms with van der Waals surface area (Å²) in [7, 11) is 0. The standard InChI is InChI=1S/C14H17N3O2/c1-9-4-7-17-11(8-9)12(14(18)19)16-13(17)10-2-5-15-6-3-10/h4,7-8,10,15H,2-3,5-6H2,1H3,(H,18,19). The first-order valence-corrected chi connectivity index (χ1v) is 6.59. The molecule has 1 aliphatic rings. The summed E-state index contributed by atoms with van der Waals surface area (Å²) in [5.41, 5.74) is 1.91. The van der Waals surface area contributed by atoms with E-state index in [0.29, 0.717) is 11.4 Å². The van der Waals surface area contributed by atoms with Crippen LogP contribution in [0.15, 0.2) is 18.3 Å². The Kier molecular flexibility index (Phi) is 2.98. The topological polar surface area (TPSA) is 66.6 Å². The fraction of sp³-hybridized carbons (Fsp3) is 0.429. The molecular weight excluding hydrogens is 242 g/mol. The van der Waals surface area contributed by atoms with Crippen LogP contribution in [0.4, 0.5) is 0 Å². The lowest BCUT2D eigenvalue weighted by atomic mass is 9.97.